The van der Waals surface area contributed by atoms with Gasteiger partial charge >= 0.3 is 0 Å². The Balaban J connectivity index is 2.12. The fraction of sp³-hybridized carbons (Fsp3) is 1.00. The molecule has 0 aliphatic carbocycles. The topological polar surface area (TPSA) is 0 Å². The van der Waals surface area contributed by atoms with Crippen LogP contribution in [0.25, 0.3) is 0 Å². The van der Waals surface area contributed by atoms with Gasteiger partial charge in [0.1, 0.15) is 0 Å². The van der Waals surface area contributed by atoms with Gasteiger partial charge in [-0.25, -0.2) is 0 Å². The van der Waals surface area contributed by atoms with Gasteiger partial charge in [0.15, 0.2) is 0 Å². The molecule has 0 aromatic rings. The van der Waals surface area contributed by atoms with Gasteiger partial charge in [-0.1, -0.05) is 41.4 Å². The third-order valence-corrected chi connectivity index (χ3v) is 4.62. The molecule has 1 atom stereocenters. The van der Waals surface area contributed by atoms with Crippen LogP contribution in [0.4, 0.5) is 0 Å². The molecule has 54 valence electrons. The van der Waals surface area contributed by atoms with E-state index in [-0.39, 0.29) is 0 Å². The van der Waals surface area contributed by atoms with Crippen molar-refractivity contribution in [1.29, 1.82) is 0 Å². The van der Waals surface area contributed by atoms with Crippen LogP contribution in [0, 0.1) is 0 Å². The lowest BCUT2D eigenvalue weighted by molar-refractivity contribution is 0.667. The van der Waals surface area contributed by atoms with E-state index >= 15 is 0 Å². The van der Waals surface area contributed by atoms with Crippen molar-refractivity contribution >= 4 is 21.6 Å². The molecule has 2 heteroatoms. The number of rotatable bonds is 0. The first-order valence-electron chi connectivity index (χ1n) is 3.68. The van der Waals surface area contributed by atoms with E-state index in [9.17, 15) is 0 Å². The van der Waals surface area contributed by atoms with Gasteiger partial charge in [-0.15, -0.1) is 0 Å². The highest BCUT2D eigenvalue weighted by Gasteiger charge is 2.05. The summed E-state index contributed by atoms with van der Waals surface area (Å²) in [5.41, 5.74) is 0. The van der Waals surface area contributed by atoms with E-state index in [0.29, 0.717) is 0 Å². The molecule has 1 fully saturated rings. The summed E-state index contributed by atoms with van der Waals surface area (Å²) in [5.74, 6) is 1.37. The molecule has 0 radical (unpaired) electrons. The molecule has 0 nitrogen and oxygen atoms in total. The zero-order chi connectivity index (χ0) is 6.53. The average Bonchev–Trinajstić information content (AvgIpc) is 1.79. The van der Waals surface area contributed by atoms with Gasteiger partial charge in [0.05, 0.1) is 0 Å². The standard InChI is InChI=1S/C7H14S2/c1-7-5-3-2-4-6-8-9-7/h7H,2-6H2,1H3. The van der Waals surface area contributed by atoms with Crippen molar-refractivity contribution < 1.29 is 0 Å². The Hall–Kier alpha value is 0.700. The van der Waals surface area contributed by atoms with Gasteiger partial charge in [0.2, 0.25) is 0 Å². The second-order valence-corrected chi connectivity index (χ2v) is 5.50. The van der Waals surface area contributed by atoms with Crippen LogP contribution in [-0.2, 0) is 0 Å². The second kappa shape index (κ2) is 4.51. The lowest BCUT2D eigenvalue weighted by Gasteiger charge is -2.12. The fourth-order valence-electron chi connectivity index (χ4n) is 0.982. The fourth-order valence-corrected chi connectivity index (χ4v) is 3.52. The van der Waals surface area contributed by atoms with E-state index in [2.05, 4.69) is 28.5 Å². The first kappa shape index (κ1) is 7.80. The monoisotopic (exact) mass is 162 g/mol. The average molecular weight is 162 g/mol. The molecule has 1 rings (SSSR count). The third kappa shape index (κ3) is 3.41. The predicted octanol–water partition coefficient (Wildman–Crippen LogP) is 3.33. The molecule has 1 heterocycles. The Morgan fingerprint density at radius 3 is 3.00 bits per heavy atom. The highest BCUT2D eigenvalue weighted by molar-refractivity contribution is 8.76. The van der Waals surface area contributed by atoms with Gasteiger partial charge in [-0.05, 0) is 12.8 Å². The molecule has 0 saturated carbocycles. The van der Waals surface area contributed by atoms with Crippen LogP contribution >= 0.6 is 21.6 Å². The minimum atomic E-state index is 0.898. The zero-order valence-corrected chi connectivity index (χ0v) is 7.56. The van der Waals surface area contributed by atoms with Crippen LogP contribution < -0.4 is 0 Å². The van der Waals surface area contributed by atoms with Crippen molar-refractivity contribution in [1.82, 2.24) is 0 Å². The molecule has 1 aliphatic rings. The zero-order valence-electron chi connectivity index (χ0n) is 5.93. The molecule has 9 heavy (non-hydrogen) atoms. The SMILES string of the molecule is CC1CCCCCSS1. The number of hydrogen-bond acceptors (Lipinski definition) is 2. The summed E-state index contributed by atoms with van der Waals surface area (Å²) in [4.78, 5) is 0. The van der Waals surface area contributed by atoms with Crippen LogP contribution in [0.2, 0.25) is 0 Å². The number of hydrogen-bond donors (Lipinski definition) is 0. The molecule has 0 aromatic heterocycles. The smallest absolute Gasteiger partial charge is 0.0123 e. The summed E-state index contributed by atoms with van der Waals surface area (Å²) in [6.45, 7) is 2.34. The quantitative estimate of drug-likeness (QED) is 0.501. The molecule has 1 saturated heterocycles. The van der Waals surface area contributed by atoms with Gasteiger partial charge in [-0.2, -0.15) is 0 Å². The minimum absolute atomic E-state index is 0.898. The normalized spacial score (nSPS) is 31.0. The molecular weight excluding hydrogens is 148 g/mol. The van der Waals surface area contributed by atoms with E-state index in [1.165, 1.54) is 31.4 Å². The summed E-state index contributed by atoms with van der Waals surface area (Å²) in [6, 6.07) is 0. The molecular formula is C7H14S2. The van der Waals surface area contributed by atoms with Crippen LogP contribution in [0.1, 0.15) is 32.6 Å². The first-order chi connectivity index (χ1) is 4.39. The summed E-state index contributed by atoms with van der Waals surface area (Å²) < 4.78 is 0. The summed E-state index contributed by atoms with van der Waals surface area (Å²) in [5, 5.41) is 0.898. The molecule has 0 aromatic carbocycles. The van der Waals surface area contributed by atoms with Gasteiger partial charge in [0, 0.05) is 11.0 Å². The molecule has 0 bridgehead atoms. The minimum Gasteiger partial charge on any atom is -0.0939 e. The maximum Gasteiger partial charge on any atom is 0.0123 e. The predicted molar refractivity (Wildman–Crippen MR) is 48.0 cm³/mol. The second-order valence-electron chi connectivity index (χ2n) is 2.58. The van der Waals surface area contributed by atoms with E-state index in [4.69, 9.17) is 0 Å². The van der Waals surface area contributed by atoms with Crippen LogP contribution in [0.5, 0.6) is 0 Å². The maximum absolute atomic E-state index is 2.34. The lowest BCUT2D eigenvalue weighted by Crippen LogP contribution is -1.97. The van der Waals surface area contributed by atoms with Gasteiger partial charge < -0.3 is 0 Å². The molecule has 0 N–H and O–H groups in total. The van der Waals surface area contributed by atoms with E-state index in [1.54, 1.807) is 0 Å². The van der Waals surface area contributed by atoms with Crippen molar-refractivity contribution in [3.8, 4) is 0 Å². The van der Waals surface area contributed by atoms with Gasteiger partial charge in [-0.3, -0.25) is 0 Å². The Labute approximate surface area is 65.6 Å². The molecule has 1 aliphatic heterocycles. The Kier molecular flexibility index (Phi) is 3.91. The van der Waals surface area contributed by atoms with Crippen LogP contribution in [-0.4, -0.2) is 11.0 Å². The van der Waals surface area contributed by atoms with Crippen molar-refractivity contribution in [2.75, 3.05) is 5.75 Å². The third-order valence-electron chi connectivity index (χ3n) is 1.57. The Bertz CT molecular complexity index is 65.3. The maximum atomic E-state index is 2.34. The highest BCUT2D eigenvalue weighted by Crippen LogP contribution is 2.32. The van der Waals surface area contributed by atoms with E-state index in [0.717, 1.165) is 5.25 Å². The van der Waals surface area contributed by atoms with Crippen molar-refractivity contribution in [3.63, 3.8) is 0 Å². The van der Waals surface area contributed by atoms with Crippen molar-refractivity contribution in [2.45, 2.75) is 37.9 Å². The lowest BCUT2D eigenvalue weighted by atomic mass is 10.2. The van der Waals surface area contributed by atoms with Crippen LogP contribution in [0.15, 0.2) is 0 Å². The van der Waals surface area contributed by atoms with Crippen molar-refractivity contribution in [3.05, 3.63) is 0 Å². The summed E-state index contributed by atoms with van der Waals surface area (Å²) in [6.07, 6.45) is 5.77. The van der Waals surface area contributed by atoms with Crippen LogP contribution in [0.3, 0.4) is 0 Å². The summed E-state index contributed by atoms with van der Waals surface area (Å²) >= 11 is 0. The van der Waals surface area contributed by atoms with Crippen molar-refractivity contribution in [2.24, 2.45) is 0 Å². The Morgan fingerprint density at radius 1 is 1.22 bits per heavy atom. The largest absolute Gasteiger partial charge is 0.0939 e. The molecule has 0 spiro atoms. The Morgan fingerprint density at radius 2 is 2.11 bits per heavy atom. The molecule has 0 amide bonds. The van der Waals surface area contributed by atoms with E-state index in [1.807, 2.05) is 0 Å². The first-order valence-corrected chi connectivity index (χ1v) is 6.06. The highest BCUT2D eigenvalue weighted by atomic mass is 33.1. The summed E-state index contributed by atoms with van der Waals surface area (Å²) in [7, 11) is 4.12. The van der Waals surface area contributed by atoms with E-state index < -0.39 is 0 Å². The van der Waals surface area contributed by atoms with Gasteiger partial charge in [0.25, 0.3) is 0 Å². The molecule has 1 unspecified atom stereocenters.